The highest BCUT2D eigenvalue weighted by Gasteiger charge is 2.41. The quantitative estimate of drug-likeness (QED) is 0.0503. The van der Waals surface area contributed by atoms with Crippen molar-refractivity contribution in [1.29, 1.82) is 0 Å². The van der Waals surface area contributed by atoms with Gasteiger partial charge in [-0.1, -0.05) is 5.16 Å². The fourth-order valence-electron chi connectivity index (χ4n) is 3.23. The molecule has 224 valence electrons. The summed E-state index contributed by atoms with van der Waals surface area (Å²) in [7, 11) is 0. The number of β-lactam (4-membered cyclic amide) rings is 1. The number of benzene rings is 1. The number of aromatic nitrogens is 1. The minimum Gasteiger partial charge on any atom is -0.458 e. The van der Waals surface area contributed by atoms with Crippen LogP contribution in [0.2, 0.25) is 0 Å². The number of amides is 5. The Kier molecular flexibility index (Phi) is 10.3. The van der Waals surface area contributed by atoms with E-state index in [9.17, 15) is 34.1 Å². The van der Waals surface area contributed by atoms with Gasteiger partial charge in [-0.15, -0.1) is 22.9 Å². The predicted octanol–water partition coefficient (Wildman–Crippen LogP) is 0.123. The topological polar surface area (TPSA) is 246 Å². The van der Waals surface area contributed by atoms with Gasteiger partial charge >= 0.3 is 12.0 Å². The van der Waals surface area contributed by atoms with E-state index in [1.807, 2.05) is 0 Å². The second-order valence-corrected chi connectivity index (χ2v) is 10.2. The van der Waals surface area contributed by atoms with Crippen LogP contribution in [0.15, 0.2) is 34.8 Å². The highest BCUT2D eigenvalue weighted by atomic mass is 35.5. The summed E-state index contributed by atoms with van der Waals surface area (Å²) < 4.78 is 5.24. The number of rotatable bonds is 13. The van der Waals surface area contributed by atoms with Gasteiger partial charge in [-0.3, -0.25) is 24.5 Å². The van der Waals surface area contributed by atoms with E-state index < -0.39 is 58.0 Å². The van der Waals surface area contributed by atoms with Gasteiger partial charge in [0.25, 0.3) is 11.6 Å². The number of nitrogens with one attached hydrogen (secondary N) is 4. The molecule has 2 atom stereocenters. The maximum Gasteiger partial charge on any atom is 0.353 e. The van der Waals surface area contributed by atoms with Gasteiger partial charge in [-0.2, -0.15) is 0 Å². The molecule has 0 radical (unpaired) electrons. The number of nitrogens with zero attached hydrogens (tertiary/aromatic N) is 3. The minimum absolute atomic E-state index is 0.0616. The molecule has 2 aromatic rings. The number of hydrogen-bond acceptors (Lipinski definition) is 12. The molecule has 17 nitrogen and oxygen atoms in total. The van der Waals surface area contributed by atoms with Crippen LogP contribution < -0.4 is 27.0 Å². The molecule has 42 heavy (non-hydrogen) atoms. The van der Waals surface area contributed by atoms with E-state index in [0.717, 1.165) is 11.3 Å². The van der Waals surface area contributed by atoms with Crippen molar-refractivity contribution in [3.63, 3.8) is 0 Å². The second kappa shape index (κ2) is 13.7. The molecule has 1 fully saturated rings. The van der Waals surface area contributed by atoms with Crippen molar-refractivity contribution in [3.8, 4) is 0 Å². The third-order valence-corrected chi connectivity index (χ3v) is 6.50. The average Bonchev–Trinajstić information content (AvgIpc) is 3.40. The number of primary amides is 1. The van der Waals surface area contributed by atoms with Crippen molar-refractivity contribution < 1.29 is 38.5 Å². The number of ether oxygens (including phenoxy) is 1. The standard InChI is InChI=1S/C23H25ClN8O9S/c1-23(2,20(36)40-9-11-3-5-12(6-4-11)32(38)39)41-31-17(14-10-42-22(28-14)29-15(33)7-24)19(35)30-16-13(27-18(16)34)8-26-21(25)37/h3-6,10,13,16H,7-9H2,1-2H3,(H,27,34)(H,30,35)(H3,25,26,37)(H,28,29,33)/b31-17+/t13-,16+/m1/s1. The Morgan fingerprint density at radius 2 is 1.95 bits per heavy atom. The summed E-state index contributed by atoms with van der Waals surface area (Å²) in [6.45, 7) is 2.35. The molecule has 1 aromatic carbocycles. The Morgan fingerprint density at radius 3 is 2.55 bits per heavy atom. The number of thiazole rings is 1. The molecule has 6 N–H and O–H groups in total. The zero-order valence-corrected chi connectivity index (χ0v) is 23.6. The van der Waals surface area contributed by atoms with Crippen LogP contribution in [0.5, 0.6) is 0 Å². The largest absolute Gasteiger partial charge is 0.458 e. The van der Waals surface area contributed by atoms with Crippen LogP contribution in [0.4, 0.5) is 15.6 Å². The van der Waals surface area contributed by atoms with Crippen LogP contribution in [0.25, 0.3) is 0 Å². The highest BCUT2D eigenvalue weighted by Crippen LogP contribution is 2.20. The van der Waals surface area contributed by atoms with E-state index in [2.05, 4.69) is 31.4 Å². The van der Waals surface area contributed by atoms with Crippen molar-refractivity contribution in [2.45, 2.75) is 38.1 Å². The van der Waals surface area contributed by atoms with E-state index >= 15 is 0 Å². The number of halogens is 1. The number of carbonyl (C=O) groups is 5. The van der Waals surface area contributed by atoms with Crippen LogP contribution in [0.3, 0.4) is 0 Å². The van der Waals surface area contributed by atoms with E-state index in [0.29, 0.717) is 5.56 Å². The Morgan fingerprint density at radius 1 is 1.26 bits per heavy atom. The summed E-state index contributed by atoms with van der Waals surface area (Å²) in [5.41, 5.74) is 3.15. The smallest absolute Gasteiger partial charge is 0.353 e. The summed E-state index contributed by atoms with van der Waals surface area (Å²) >= 11 is 6.45. The number of oxime groups is 1. The first-order valence-corrected chi connectivity index (χ1v) is 13.3. The van der Waals surface area contributed by atoms with Crippen molar-refractivity contribution in [3.05, 3.63) is 51.0 Å². The molecule has 1 saturated heterocycles. The monoisotopic (exact) mass is 624 g/mol. The molecule has 0 bridgehead atoms. The lowest BCUT2D eigenvalue weighted by Crippen LogP contribution is -2.72. The van der Waals surface area contributed by atoms with Crippen LogP contribution in [-0.4, -0.2) is 75.5 Å². The number of hydrogen-bond donors (Lipinski definition) is 5. The molecular formula is C23H25ClN8O9S. The summed E-state index contributed by atoms with van der Waals surface area (Å²) in [5, 5.41) is 25.8. The normalized spacial score (nSPS) is 16.4. The minimum atomic E-state index is -1.74. The summed E-state index contributed by atoms with van der Waals surface area (Å²) in [5.74, 6) is -3.23. The highest BCUT2D eigenvalue weighted by molar-refractivity contribution is 7.14. The fraction of sp³-hybridized carbons (Fsp3) is 0.348. The number of esters is 1. The van der Waals surface area contributed by atoms with Crippen molar-refractivity contribution in [2.24, 2.45) is 10.9 Å². The third-order valence-electron chi connectivity index (χ3n) is 5.50. The molecule has 0 aliphatic carbocycles. The van der Waals surface area contributed by atoms with Gasteiger partial charge in [-0.05, 0) is 31.5 Å². The van der Waals surface area contributed by atoms with Crippen molar-refractivity contribution in [1.82, 2.24) is 20.9 Å². The van der Waals surface area contributed by atoms with Crippen LogP contribution >= 0.6 is 22.9 Å². The Labute approximate surface area is 246 Å². The molecule has 0 spiro atoms. The van der Waals surface area contributed by atoms with Gasteiger partial charge in [0.1, 0.15) is 24.2 Å². The number of anilines is 1. The number of nitro groups is 1. The summed E-state index contributed by atoms with van der Waals surface area (Å²) in [6.07, 6.45) is 0. The zero-order chi connectivity index (χ0) is 31.0. The molecule has 3 rings (SSSR count). The molecular weight excluding hydrogens is 600 g/mol. The molecule has 1 aliphatic heterocycles. The molecule has 5 amide bonds. The van der Waals surface area contributed by atoms with Gasteiger partial charge in [0.05, 0.1) is 11.0 Å². The predicted molar refractivity (Wildman–Crippen MR) is 148 cm³/mol. The third kappa shape index (κ3) is 8.33. The van der Waals surface area contributed by atoms with E-state index in [1.165, 1.54) is 43.5 Å². The van der Waals surface area contributed by atoms with Crippen molar-refractivity contribution in [2.75, 3.05) is 17.7 Å². The number of carbonyl (C=O) groups excluding carboxylic acids is 5. The lowest BCUT2D eigenvalue weighted by Gasteiger charge is -2.36. The van der Waals surface area contributed by atoms with Crippen LogP contribution in [0.1, 0.15) is 25.1 Å². The van der Waals surface area contributed by atoms with Gasteiger partial charge < -0.3 is 36.6 Å². The molecule has 2 heterocycles. The van der Waals surface area contributed by atoms with Crippen molar-refractivity contribution >= 4 is 69.2 Å². The molecule has 1 aromatic heterocycles. The van der Waals surface area contributed by atoms with E-state index in [-0.39, 0.29) is 35.5 Å². The lowest BCUT2D eigenvalue weighted by molar-refractivity contribution is -0.384. The fourth-order valence-corrected chi connectivity index (χ4v) is 4.01. The molecule has 0 saturated carbocycles. The number of nitrogens with two attached hydrogens (primary N) is 1. The van der Waals surface area contributed by atoms with Gasteiger partial charge in [0, 0.05) is 24.1 Å². The van der Waals surface area contributed by atoms with Gasteiger partial charge in [0.2, 0.25) is 17.4 Å². The maximum absolute atomic E-state index is 13.2. The van der Waals surface area contributed by atoms with Gasteiger partial charge in [-0.25, -0.2) is 14.6 Å². The molecule has 0 unspecified atom stereocenters. The molecule has 1 aliphatic rings. The summed E-state index contributed by atoms with van der Waals surface area (Å²) in [6, 6.07) is 2.80. The maximum atomic E-state index is 13.2. The number of nitro benzene ring substituents is 1. The first-order chi connectivity index (χ1) is 19.8. The Balaban J connectivity index is 1.76. The SMILES string of the molecule is CC(C)(O/N=C(/C(=O)N[C@@H]1C(=O)N[C@@H]1CNC(N)=O)c1csc(NC(=O)CCl)n1)C(=O)OCc1ccc([N+](=O)[O-])cc1. The number of alkyl halides is 1. The summed E-state index contributed by atoms with van der Waals surface area (Å²) in [4.78, 5) is 80.4. The van der Waals surface area contributed by atoms with Crippen LogP contribution in [0, 0.1) is 10.1 Å². The molecule has 19 heteroatoms. The first kappa shape index (κ1) is 31.7. The number of urea groups is 1. The Bertz CT molecular complexity index is 1410. The first-order valence-electron chi connectivity index (χ1n) is 11.9. The second-order valence-electron chi connectivity index (χ2n) is 9.07. The van der Waals surface area contributed by atoms with Crippen LogP contribution in [-0.2, 0) is 35.4 Å². The average molecular weight is 625 g/mol. The Hall–Kier alpha value is -4.84. The van der Waals surface area contributed by atoms with Gasteiger partial charge in [0.15, 0.2) is 10.8 Å². The zero-order valence-electron chi connectivity index (χ0n) is 22.0. The van der Waals surface area contributed by atoms with E-state index in [4.69, 9.17) is 26.9 Å². The van der Waals surface area contributed by atoms with E-state index in [1.54, 1.807) is 0 Å². The lowest BCUT2D eigenvalue weighted by atomic mass is 9.98. The number of non-ortho nitro benzene ring substituents is 1.